The van der Waals surface area contributed by atoms with E-state index in [2.05, 4.69) is 15.7 Å². The van der Waals surface area contributed by atoms with Gasteiger partial charge in [0.1, 0.15) is 12.4 Å². The maximum absolute atomic E-state index is 14.0. The van der Waals surface area contributed by atoms with Gasteiger partial charge in [-0.3, -0.25) is 9.59 Å². The number of hydrogen-bond acceptors (Lipinski definition) is 8. The molecule has 0 spiro atoms. The Bertz CT molecular complexity index is 1700. The van der Waals surface area contributed by atoms with Crippen LogP contribution in [0, 0.1) is 11.8 Å². The van der Waals surface area contributed by atoms with Crippen molar-refractivity contribution in [3.05, 3.63) is 70.3 Å². The molecule has 2 bridgehead atoms. The van der Waals surface area contributed by atoms with Gasteiger partial charge in [0.25, 0.3) is 5.91 Å². The van der Waals surface area contributed by atoms with Crippen LogP contribution < -0.4 is 14.4 Å². The summed E-state index contributed by atoms with van der Waals surface area (Å²) in [5.41, 5.74) is 0.474. The molecule has 6 rings (SSSR count). The van der Waals surface area contributed by atoms with Gasteiger partial charge in [-0.1, -0.05) is 35.9 Å². The fraction of sp³-hybridized carbons (Fsp3) is 0.568. The Labute approximate surface area is 300 Å². The molecule has 2 amide bonds. The number of amides is 2. The zero-order chi connectivity index (χ0) is 35.5. The molecule has 272 valence electrons. The number of rotatable bonds is 4. The summed E-state index contributed by atoms with van der Waals surface area (Å²) in [4.78, 5) is 31.4. The highest BCUT2D eigenvalue weighted by molar-refractivity contribution is 7.87. The van der Waals surface area contributed by atoms with E-state index in [4.69, 9.17) is 21.1 Å². The molecule has 2 fully saturated rings. The lowest BCUT2D eigenvalue weighted by atomic mass is 9.70. The van der Waals surface area contributed by atoms with Crippen LogP contribution in [0.3, 0.4) is 0 Å². The van der Waals surface area contributed by atoms with Crippen LogP contribution in [0.1, 0.15) is 68.1 Å². The largest absolute Gasteiger partial charge is 0.487 e. The number of carbonyl (C=O) groups is 2. The Morgan fingerprint density at radius 2 is 1.82 bits per heavy atom. The van der Waals surface area contributed by atoms with Crippen molar-refractivity contribution in [2.45, 2.75) is 76.1 Å². The number of benzene rings is 2. The number of nitrogens with one attached hydrogen (secondary N) is 1. The number of aliphatic hydroxyl groups is 1. The van der Waals surface area contributed by atoms with Gasteiger partial charge in [-0.15, -0.1) is 0 Å². The molecule has 1 saturated carbocycles. The van der Waals surface area contributed by atoms with Crippen LogP contribution >= 0.6 is 11.6 Å². The highest BCUT2D eigenvalue weighted by atomic mass is 35.5. The Morgan fingerprint density at radius 3 is 2.56 bits per heavy atom. The van der Waals surface area contributed by atoms with Crippen LogP contribution in [0.5, 0.6) is 5.75 Å². The lowest BCUT2D eigenvalue weighted by molar-refractivity contribution is -0.148. The van der Waals surface area contributed by atoms with Gasteiger partial charge in [-0.25, -0.2) is 4.72 Å². The molecule has 0 aromatic heterocycles. The summed E-state index contributed by atoms with van der Waals surface area (Å²) in [6, 6.07) is 10.8. The summed E-state index contributed by atoms with van der Waals surface area (Å²) in [5, 5.41) is 13.0. The quantitative estimate of drug-likeness (QED) is 0.439. The first-order valence-electron chi connectivity index (χ1n) is 17.8. The second kappa shape index (κ2) is 15.6. The summed E-state index contributed by atoms with van der Waals surface area (Å²) in [6.45, 7) is 2.58. The Kier molecular flexibility index (Phi) is 11.4. The maximum Gasteiger partial charge on any atom is 0.303 e. The van der Waals surface area contributed by atoms with Crippen LogP contribution in [0.15, 0.2) is 48.6 Å². The Balaban J connectivity index is 1.44. The Hall–Kier alpha value is -3.16. The van der Waals surface area contributed by atoms with Gasteiger partial charge >= 0.3 is 10.2 Å². The predicted octanol–water partition coefficient (Wildman–Crippen LogP) is 4.56. The lowest BCUT2D eigenvalue weighted by Crippen LogP contribution is -2.52. The van der Waals surface area contributed by atoms with Crippen LogP contribution in [0.2, 0.25) is 5.02 Å². The summed E-state index contributed by atoms with van der Waals surface area (Å²) < 4.78 is 42.3. The zero-order valence-electron chi connectivity index (χ0n) is 29.0. The molecule has 0 unspecified atom stereocenters. The molecule has 3 heterocycles. The summed E-state index contributed by atoms with van der Waals surface area (Å²) >= 11 is 6.37. The fourth-order valence-corrected chi connectivity index (χ4v) is 9.08. The minimum Gasteiger partial charge on any atom is -0.487 e. The molecule has 4 aliphatic rings. The highest BCUT2D eigenvalue weighted by Crippen LogP contribution is 2.43. The van der Waals surface area contributed by atoms with E-state index in [9.17, 15) is 23.1 Å². The molecule has 50 heavy (non-hydrogen) atoms. The van der Waals surface area contributed by atoms with Crippen molar-refractivity contribution in [1.29, 1.82) is 0 Å². The third-order valence-electron chi connectivity index (χ3n) is 10.9. The normalized spacial score (nSPS) is 27.6. The molecule has 3 aliphatic heterocycles. The molecular weight excluding hydrogens is 680 g/mol. The molecule has 1 aliphatic carbocycles. The van der Waals surface area contributed by atoms with Crippen LogP contribution in [0.4, 0.5) is 5.69 Å². The summed E-state index contributed by atoms with van der Waals surface area (Å²) in [5.74, 6) is -0.466. The molecule has 13 heteroatoms. The second-order valence-corrected chi connectivity index (χ2v) is 16.2. The van der Waals surface area contributed by atoms with Gasteiger partial charge in [0.05, 0.1) is 18.2 Å². The van der Waals surface area contributed by atoms with E-state index in [1.54, 1.807) is 32.4 Å². The molecule has 2 aromatic carbocycles. The van der Waals surface area contributed by atoms with Crippen molar-refractivity contribution in [1.82, 2.24) is 13.9 Å². The number of nitrogens with zero attached hydrogens (tertiary/aromatic N) is 3. The molecule has 2 aromatic rings. The molecule has 2 N–H and O–H groups in total. The smallest absolute Gasteiger partial charge is 0.303 e. The average molecular weight is 729 g/mol. The first kappa shape index (κ1) is 36.6. The minimum atomic E-state index is -4.24. The van der Waals surface area contributed by atoms with E-state index >= 15 is 0 Å². The standard InChI is InChI=1S/C37H49ClN4O7S/c1-40-17-5-4-10-33(48-2)31-15-12-27(31)24-41-18-6-3-9-26-21-30(38)14-11-28(26)25-49-34-16-13-29(22-32(34)41)37(45,23-35(40)43)36(44)39-50(46,47)42-19-7-8-20-42/h4,10-11,13-14,16,21-22,27,31,33,45H,3,5-9,12,15,17-20,23-25H2,1-2H3,(H,39,44)/b10-4+/t27-,31+,33-,37+/m0/s1. The van der Waals surface area contributed by atoms with Gasteiger partial charge in [-0.05, 0) is 104 Å². The van der Waals surface area contributed by atoms with Crippen molar-refractivity contribution < 1.29 is 32.6 Å². The number of carbonyl (C=O) groups excluding carboxylic acids is 2. The first-order valence-corrected chi connectivity index (χ1v) is 19.6. The third-order valence-corrected chi connectivity index (χ3v) is 12.6. The zero-order valence-corrected chi connectivity index (χ0v) is 30.6. The SMILES string of the molecule is CO[C@H]1/C=C/CCN(C)C(=O)C[C@](O)(C(=O)NS(=O)(=O)N2CCCC2)c2ccc3c(c2)N(CCCCc2cc(Cl)ccc2CO3)C[C@@H]2CC[C@H]21. The van der Waals surface area contributed by atoms with E-state index in [1.165, 1.54) is 9.21 Å². The lowest BCUT2D eigenvalue weighted by Gasteiger charge is -2.43. The van der Waals surface area contributed by atoms with E-state index in [1.807, 2.05) is 24.3 Å². The number of hydrogen-bond donors (Lipinski definition) is 2. The van der Waals surface area contributed by atoms with Crippen molar-refractivity contribution in [2.24, 2.45) is 11.8 Å². The van der Waals surface area contributed by atoms with E-state index in [0.717, 1.165) is 43.2 Å². The van der Waals surface area contributed by atoms with Gasteiger partial charge in [-0.2, -0.15) is 12.7 Å². The van der Waals surface area contributed by atoms with E-state index in [-0.39, 0.29) is 31.4 Å². The highest BCUT2D eigenvalue weighted by Gasteiger charge is 2.45. The van der Waals surface area contributed by atoms with Crippen molar-refractivity contribution >= 4 is 39.3 Å². The third kappa shape index (κ3) is 7.99. The van der Waals surface area contributed by atoms with Crippen LogP contribution in [-0.2, 0) is 43.2 Å². The molecule has 1 saturated heterocycles. The number of halogens is 1. The molecule has 11 nitrogen and oxygen atoms in total. The van der Waals surface area contributed by atoms with E-state index in [0.29, 0.717) is 67.2 Å². The number of methoxy groups -OCH3 is 1. The van der Waals surface area contributed by atoms with Crippen molar-refractivity contribution in [2.75, 3.05) is 51.8 Å². The molecular formula is C37H49ClN4O7S. The van der Waals surface area contributed by atoms with Crippen molar-refractivity contribution in [3.63, 3.8) is 0 Å². The summed E-state index contributed by atoms with van der Waals surface area (Å²) in [7, 11) is -0.886. The first-order chi connectivity index (χ1) is 24.0. The maximum atomic E-state index is 14.0. The average Bonchev–Trinajstić information content (AvgIpc) is 3.63. The number of fused-ring (bicyclic) bond motifs is 3. The molecule has 0 radical (unpaired) electrons. The second-order valence-electron chi connectivity index (χ2n) is 14.1. The number of anilines is 1. The Morgan fingerprint density at radius 1 is 1.04 bits per heavy atom. The molecule has 4 atom stereocenters. The van der Waals surface area contributed by atoms with Crippen LogP contribution in [-0.4, -0.2) is 87.5 Å². The monoisotopic (exact) mass is 728 g/mol. The van der Waals surface area contributed by atoms with Gasteiger partial charge in [0, 0.05) is 51.9 Å². The topological polar surface area (TPSA) is 129 Å². The number of aryl methyl sites for hydroxylation is 1. The minimum absolute atomic E-state index is 0.0563. The van der Waals surface area contributed by atoms with Gasteiger partial charge in [0.15, 0.2) is 5.60 Å². The van der Waals surface area contributed by atoms with Crippen LogP contribution in [0.25, 0.3) is 0 Å². The van der Waals surface area contributed by atoms with Gasteiger partial charge < -0.3 is 24.4 Å². The number of ether oxygens (including phenoxy) is 2. The van der Waals surface area contributed by atoms with E-state index < -0.39 is 34.0 Å². The van der Waals surface area contributed by atoms with Gasteiger partial charge in [0.2, 0.25) is 5.91 Å². The summed E-state index contributed by atoms with van der Waals surface area (Å²) in [6.07, 6.45) is 10.0. The fourth-order valence-electron chi connectivity index (χ4n) is 7.61. The predicted molar refractivity (Wildman–Crippen MR) is 192 cm³/mol. The van der Waals surface area contributed by atoms with Crippen molar-refractivity contribution in [3.8, 4) is 5.75 Å².